The summed E-state index contributed by atoms with van der Waals surface area (Å²) in [7, 11) is 0. The molecule has 0 aliphatic carbocycles. The molecule has 130 valence electrons. The van der Waals surface area contributed by atoms with Crippen LogP contribution in [0.2, 0.25) is 0 Å². The fourth-order valence-electron chi connectivity index (χ4n) is 1.76. The van der Waals surface area contributed by atoms with Gasteiger partial charge in [0.15, 0.2) is 10.2 Å². The monoisotopic (exact) mass is 395 g/mol. The SMILES string of the molecule is Cc1csc(C(=O)Nc2nnc(SCC(=O)Nc3cc(C)on3)s2)c1. The van der Waals surface area contributed by atoms with Crippen LogP contribution in [0.1, 0.15) is 21.0 Å². The van der Waals surface area contributed by atoms with E-state index < -0.39 is 0 Å². The molecule has 0 saturated carbocycles. The number of rotatable bonds is 6. The fraction of sp³-hybridized carbons (Fsp3) is 0.214. The van der Waals surface area contributed by atoms with Crippen LogP contribution in [0.4, 0.5) is 10.9 Å². The Bertz CT molecular complexity index is 901. The van der Waals surface area contributed by atoms with Crippen molar-refractivity contribution in [3.63, 3.8) is 0 Å². The molecule has 3 aromatic heterocycles. The van der Waals surface area contributed by atoms with E-state index in [2.05, 4.69) is 26.0 Å². The van der Waals surface area contributed by atoms with Crippen molar-refractivity contribution in [1.29, 1.82) is 0 Å². The summed E-state index contributed by atoms with van der Waals surface area (Å²) in [5.74, 6) is 0.699. The van der Waals surface area contributed by atoms with Crippen molar-refractivity contribution < 1.29 is 14.1 Å². The molecule has 2 N–H and O–H groups in total. The summed E-state index contributed by atoms with van der Waals surface area (Å²) >= 11 is 3.82. The second-order valence-electron chi connectivity index (χ2n) is 4.98. The van der Waals surface area contributed by atoms with Crippen LogP contribution in [0.25, 0.3) is 0 Å². The number of thioether (sulfide) groups is 1. The first-order chi connectivity index (χ1) is 12.0. The van der Waals surface area contributed by atoms with Crippen LogP contribution in [0, 0.1) is 13.8 Å². The van der Waals surface area contributed by atoms with Crippen molar-refractivity contribution in [3.8, 4) is 0 Å². The third kappa shape index (κ3) is 4.87. The first kappa shape index (κ1) is 17.6. The van der Waals surface area contributed by atoms with E-state index in [1.165, 1.54) is 34.4 Å². The maximum absolute atomic E-state index is 12.1. The van der Waals surface area contributed by atoms with Crippen LogP contribution < -0.4 is 10.6 Å². The molecule has 0 radical (unpaired) electrons. The summed E-state index contributed by atoms with van der Waals surface area (Å²) in [5, 5.41) is 19.2. The molecule has 0 aliphatic heterocycles. The predicted octanol–water partition coefficient (Wildman–Crippen LogP) is 3.19. The van der Waals surface area contributed by atoms with Crippen LogP contribution in [0.15, 0.2) is 26.4 Å². The van der Waals surface area contributed by atoms with Crippen molar-refractivity contribution in [2.24, 2.45) is 0 Å². The molecule has 0 fully saturated rings. The van der Waals surface area contributed by atoms with Crippen LogP contribution in [-0.2, 0) is 4.79 Å². The molecule has 3 aromatic rings. The van der Waals surface area contributed by atoms with Gasteiger partial charge in [-0.1, -0.05) is 28.3 Å². The average molecular weight is 395 g/mol. The maximum Gasteiger partial charge on any atom is 0.267 e. The minimum absolute atomic E-state index is 0.151. The number of aryl methyl sites for hydroxylation is 2. The summed E-state index contributed by atoms with van der Waals surface area (Å²) in [4.78, 5) is 24.5. The lowest BCUT2D eigenvalue weighted by molar-refractivity contribution is -0.113. The molecule has 0 aliphatic rings. The van der Waals surface area contributed by atoms with Gasteiger partial charge in [-0.3, -0.25) is 14.9 Å². The zero-order valence-electron chi connectivity index (χ0n) is 13.2. The Kier molecular flexibility index (Phi) is 5.46. The maximum atomic E-state index is 12.1. The lowest BCUT2D eigenvalue weighted by atomic mass is 10.3. The van der Waals surface area contributed by atoms with Gasteiger partial charge in [-0.05, 0) is 30.9 Å². The summed E-state index contributed by atoms with van der Waals surface area (Å²) in [6.07, 6.45) is 0. The first-order valence-electron chi connectivity index (χ1n) is 7.05. The summed E-state index contributed by atoms with van der Waals surface area (Å²) in [5.41, 5.74) is 1.04. The van der Waals surface area contributed by atoms with Gasteiger partial charge in [0, 0.05) is 6.07 Å². The zero-order chi connectivity index (χ0) is 17.8. The topological polar surface area (TPSA) is 110 Å². The van der Waals surface area contributed by atoms with E-state index in [1.54, 1.807) is 13.0 Å². The lowest BCUT2D eigenvalue weighted by Gasteiger charge is -1.98. The molecular weight excluding hydrogens is 382 g/mol. The number of carbonyl (C=O) groups is 2. The molecule has 0 saturated heterocycles. The molecule has 0 bridgehead atoms. The molecule has 3 rings (SSSR count). The van der Waals surface area contributed by atoms with Gasteiger partial charge < -0.3 is 9.84 Å². The minimum atomic E-state index is -0.229. The number of hydrogen-bond acceptors (Lipinski definition) is 9. The van der Waals surface area contributed by atoms with Crippen molar-refractivity contribution in [2.75, 3.05) is 16.4 Å². The van der Waals surface area contributed by atoms with Crippen LogP contribution >= 0.6 is 34.4 Å². The molecule has 8 nitrogen and oxygen atoms in total. The fourth-order valence-corrected chi connectivity index (χ4v) is 4.10. The van der Waals surface area contributed by atoms with Gasteiger partial charge in [-0.15, -0.1) is 21.5 Å². The number of anilines is 2. The normalized spacial score (nSPS) is 10.6. The highest BCUT2D eigenvalue weighted by Crippen LogP contribution is 2.26. The quantitative estimate of drug-likeness (QED) is 0.487. The number of hydrogen-bond donors (Lipinski definition) is 2. The van der Waals surface area contributed by atoms with Crippen LogP contribution in [0.3, 0.4) is 0 Å². The van der Waals surface area contributed by atoms with E-state index in [0.29, 0.717) is 25.9 Å². The third-order valence-electron chi connectivity index (χ3n) is 2.80. The molecule has 25 heavy (non-hydrogen) atoms. The van der Waals surface area contributed by atoms with E-state index in [4.69, 9.17) is 4.52 Å². The number of thiophene rings is 1. The van der Waals surface area contributed by atoms with Crippen LogP contribution in [0.5, 0.6) is 0 Å². The van der Waals surface area contributed by atoms with Gasteiger partial charge in [-0.2, -0.15) is 0 Å². The van der Waals surface area contributed by atoms with Gasteiger partial charge in [0.2, 0.25) is 11.0 Å². The van der Waals surface area contributed by atoms with E-state index in [0.717, 1.165) is 5.56 Å². The Balaban J connectivity index is 1.49. The van der Waals surface area contributed by atoms with Crippen molar-refractivity contribution >= 4 is 57.2 Å². The zero-order valence-corrected chi connectivity index (χ0v) is 15.7. The average Bonchev–Trinajstić information content (AvgIpc) is 3.28. The Morgan fingerprint density at radius 1 is 1.24 bits per heavy atom. The van der Waals surface area contributed by atoms with E-state index in [9.17, 15) is 9.59 Å². The standard InChI is InChI=1S/C14H13N5O3S3/c1-7-3-9(23-5-7)12(21)16-13-17-18-14(25-13)24-6-11(20)15-10-4-8(2)22-19-10/h3-5H,6H2,1-2H3,(H,15,19,20)(H,16,17,21). The van der Waals surface area contributed by atoms with E-state index in [1.807, 2.05) is 18.4 Å². The van der Waals surface area contributed by atoms with Crippen molar-refractivity contribution in [3.05, 3.63) is 33.7 Å². The minimum Gasteiger partial charge on any atom is -0.360 e. The Hall–Kier alpha value is -2.24. The Morgan fingerprint density at radius 3 is 2.76 bits per heavy atom. The number of nitrogens with zero attached hydrogens (tertiary/aromatic N) is 3. The first-order valence-corrected chi connectivity index (χ1v) is 9.74. The molecule has 0 aromatic carbocycles. The van der Waals surface area contributed by atoms with Gasteiger partial charge >= 0.3 is 0 Å². The molecule has 0 unspecified atom stereocenters. The second kappa shape index (κ2) is 7.76. The largest absolute Gasteiger partial charge is 0.360 e. The molecule has 11 heteroatoms. The van der Waals surface area contributed by atoms with Crippen molar-refractivity contribution in [1.82, 2.24) is 15.4 Å². The molecule has 0 atom stereocenters. The highest BCUT2D eigenvalue weighted by molar-refractivity contribution is 8.01. The number of amides is 2. The van der Waals surface area contributed by atoms with Crippen molar-refractivity contribution in [2.45, 2.75) is 18.2 Å². The van der Waals surface area contributed by atoms with Gasteiger partial charge in [0.05, 0.1) is 10.6 Å². The lowest BCUT2D eigenvalue weighted by Crippen LogP contribution is -2.14. The Labute approximate surface area is 155 Å². The highest BCUT2D eigenvalue weighted by Gasteiger charge is 2.13. The van der Waals surface area contributed by atoms with E-state index >= 15 is 0 Å². The highest BCUT2D eigenvalue weighted by atomic mass is 32.2. The molecule has 0 spiro atoms. The van der Waals surface area contributed by atoms with Gasteiger partial charge in [-0.25, -0.2) is 0 Å². The number of carbonyl (C=O) groups excluding carboxylic acids is 2. The summed E-state index contributed by atoms with van der Waals surface area (Å²) in [6.45, 7) is 3.67. The molecule has 2 amide bonds. The number of aromatic nitrogens is 3. The van der Waals surface area contributed by atoms with E-state index in [-0.39, 0.29) is 17.6 Å². The predicted molar refractivity (Wildman–Crippen MR) is 97.5 cm³/mol. The molecular formula is C14H13N5O3S3. The van der Waals surface area contributed by atoms with Gasteiger partial charge in [0.25, 0.3) is 5.91 Å². The van der Waals surface area contributed by atoms with Crippen LogP contribution in [-0.4, -0.2) is 32.9 Å². The summed E-state index contributed by atoms with van der Waals surface area (Å²) < 4.78 is 5.46. The second-order valence-corrected chi connectivity index (χ2v) is 8.09. The Morgan fingerprint density at radius 2 is 2.08 bits per heavy atom. The smallest absolute Gasteiger partial charge is 0.267 e. The third-order valence-corrected chi connectivity index (χ3v) is 5.82. The number of nitrogens with one attached hydrogen (secondary N) is 2. The van der Waals surface area contributed by atoms with Gasteiger partial charge in [0.1, 0.15) is 5.76 Å². The molecule has 3 heterocycles. The summed E-state index contributed by atoms with van der Waals surface area (Å²) in [6, 6.07) is 3.44.